The van der Waals surface area contributed by atoms with Crippen molar-refractivity contribution in [3.8, 4) is 5.75 Å². The molecular formula is C15H18O3S2. The number of carboxylic acids is 1. The first-order chi connectivity index (χ1) is 9.51. The summed E-state index contributed by atoms with van der Waals surface area (Å²) in [6.45, 7) is 6.65. The number of carboxylic acid groups (broad SMARTS) is 1. The van der Waals surface area contributed by atoms with Crippen molar-refractivity contribution in [1.29, 1.82) is 0 Å². The van der Waals surface area contributed by atoms with Gasteiger partial charge in [0.25, 0.3) is 0 Å². The minimum Gasteiger partial charge on any atom is -0.486 e. The van der Waals surface area contributed by atoms with Crippen molar-refractivity contribution in [3.63, 3.8) is 0 Å². The van der Waals surface area contributed by atoms with Gasteiger partial charge >= 0.3 is 5.97 Å². The van der Waals surface area contributed by atoms with Crippen LogP contribution in [0.4, 0.5) is 0 Å². The minimum absolute atomic E-state index is 0.293. The third kappa shape index (κ3) is 3.41. The van der Waals surface area contributed by atoms with E-state index >= 15 is 0 Å². The standard InChI is InChI=1S/C15H18O3S2/c1-4-10-5-6-11(19-10)8-18-12-7-13(9(2)3)20-14(12)15(16)17/h5-7,9H,4,8H2,1-3H3,(H,16,17). The van der Waals surface area contributed by atoms with Crippen LogP contribution in [0.15, 0.2) is 18.2 Å². The molecule has 0 amide bonds. The lowest BCUT2D eigenvalue weighted by Crippen LogP contribution is -1.98. The highest BCUT2D eigenvalue weighted by Gasteiger charge is 2.18. The van der Waals surface area contributed by atoms with E-state index in [-0.39, 0.29) is 0 Å². The van der Waals surface area contributed by atoms with Crippen LogP contribution in [0.3, 0.4) is 0 Å². The van der Waals surface area contributed by atoms with Gasteiger partial charge in [0.05, 0.1) is 0 Å². The lowest BCUT2D eigenvalue weighted by atomic mass is 10.2. The second kappa shape index (κ2) is 6.41. The fraction of sp³-hybridized carbons (Fsp3) is 0.400. The number of aromatic carboxylic acids is 1. The van der Waals surface area contributed by atoms with Crippen LogP contribution in [0.5, 0.6) is 5.75 Å². The van der Waals surface area contributed by atoms with Crippen LogP contribution in [0, 0.1) is 0 Å². The summed E-state index contributed by atoms with van der Waals surface area (Å²) in [4.78, 5) is 15.0. The first kappa shape index (κ1) is 15.1. The normalized spacial score (nSPS) is 11.0. The molecule has 0 fully saturated rings. The molecule has 0 bridgehead atoms. The molecule has 2 aromatic heterocycles. The molecule has 0 spiro atoms. The van der Waals surface area contributed by atoms with Gasteiger partial charge in [0.1, 0.15) is 12.4 Å². The van der Waals surface area contributed by atoms with Crippen LogP contribution >= 0.6 is 22.7 Å². The molecule has 5 heteroatoms. The number of aryl methyl sites for hydroxylation is 1. The van der Waals surface area contributed by atoms with Crippen molar-refractivity contribution in [2.45, 2.75) is 39.7 Å². The van der Waals surface area contributed by atoms with Crippen LogP contribution < -0.4 is 4.74 Å². The number of thiophene rings is 2. The Morgan fingerprint density at radius 3 is 2.55 bits per heavy atom. The van der Waals surface area contributed by atoms with E-state index in [9.17, 15) is 9.90 Å². The number of rotatable bonds is 6. The molecule has 1 N–H and O–H groups in total. The summed E-state index contributed by atoms with van der Waals surface area (Å²) >= 11 is 3.01. The maximum absolute atomic E-state index is 11.3. The molecule has 0 aromatic carbocycles. The fourth-order valence-electron chi connectivity index (χ4n) is 1.77. The first-order valence-corrected chi connectivity index (χ1v) is 8.22. The van der Waals surface area contributed by atoms with Gasteiger partial charge < -0.3 is 9.84 Å². The summed E-state index contributed by atoms with van der Waals surface area (Å²) in [7, 11) is 0. The average molecular weight is 310 g/mol. The molecule has 0 radical (unpaired) electrons. The third-order valence-corrected chi connectivity index (χ3v) is 5.52. The molecule has 2 aromatic rings. The second-order valence-corrected chi connectivity index (χ2v) is 7.15. The summed E-state index contributed by atoms with van der Waals surface area (Å²) in [6.07, 6.45) is 1.01. The molecule has 0 aliphatic heterocycles. The SMILES string of the molecule is CCc1ccc(COc2cc(C(C)C)sc2C(=O)O)s1. The number of hydrogen-bond acceptors (Lipinski definition) is 4. The van der Waals surface area contributed by atoms with E-state index in [2.05, 4.69) is 13.0 Å². The van der Waals surface area contributed by atoms with Gasteiger partial charge in [0, 0.05) is 14.6 Å². The van der Waals surface area contributed by atoms with Gasteiger partial charge in [-0.25, -0.2) is 4.79 Å². The van der Waals surface area contributed by atoms with E-state index in [4.69, 9.17) is 4.74 Å². The summed E-state index contributed by atoms with van der Waals surface area (Å²) in [5, 5.41) is 9.23. The van der Waals surface area contributed by atoms with Crippen molar-refractivity contribution >= 4 is 28.6 Å². The Hall–Kier alpha value is -1.33. The van der Waals surface area contributed by atoms with Gasteiger partial charge in [-0.05, 0) is 30.5 Å². The highest BCUT2D eigenvalue weighted by molar-refractivity contribution is 7.14. The predicted molar refractivity (Wildman–Crippen MR) is 83.4 cm³/mol. The van der Waals surface area contributed by atoms with Crippen LogP contribution in [0.2, 0.25) is 0 Å². The zero-order chi connectivity index (χ0) is 14.7. The maximum atomic E-state index is 11.3. The lowest BCUT2D eigenvalue weighted by Gasteiger charge is -2.03. The number of carbonyl (C=O) groups is 1. The summed E-state index contributed by atoms with van der Waals surface area (Å²) in [6, 6.07) is 5.99. The Kier molecular flexibility index (Phi) is 4.83. The largest absolute Gasteiger partial charge is 0.486 e. The van der Waals surface area contributed by atoms with Gasteiger partial charge in [0.2, 0.25) is 0 Å². The summed E-state index contributed by atoms with van der Waals surface area (Å²) in [5.74, 6) is -0.126. The molecule has 0 aliphatic carbocycles. The topological polar surface area (TPSA) is 46.5 Å². The average Bonchev–Trinajstić information content (AvgIpc) is 3.02. The predicted octanol–water partition coefficient (Wildman–Crippen LogP) is 4.77. The molecule has 0 saturated heterocycles. The number of hydrogen-bond donors (Lipinski definition) is 1. The maximum Gasteiger partial charge on any atom is 0.349 e. The van der Waals surface area contributed by atoms with E-state index in [1.807, 2.05) is 26.0 Å². The highest BCUT2D eigenvalue weighted by Crippen LogP contribution is 2.34. The highest BCUT2D eigenvalue weighted by atomic mass is 32.1. The Morgan fingerprint density at radius 1 is 1.30 bits per heavy atom. The lowest BCUT2D eigenvalue weighted by molar-refractivity contribution is 0.0697. The van der Waals surface area contributed by atoms with Crippen molar-refractivity contribution in [2.75, 3.05) is 0 Å². The molecule has 2 heterocycles. The first-order valence-electron chi connectivity index (χ1n) is 6.58. The monoisotopic (exact) mass is 310 g/mol. The van der Waals surface area contributed by atoms with E-state index in [0.717, 1.165) is 16.2 Å². The summed E-state index contributed by atoms with van der Waals surface area (Å²) in [5.41, 5.74) is 0. The Morgan fingerprint density at radius 2 is 2.00 bits per heavy atom. The van der Waals surface area contributed by atoms with Crippen molar-refractivity contribution < 1.29 is 14.6 Å². The van der Waals surface area contributed by atoms with Crippen LogP contribution in [0.25, 0.3) is 0 Å². The smallest absolute Gasteiger partial charge is 0.349 e. The Bertz CT molecular complexity index is 596. The second-order valence-electron chi connectivity index (χ2n) is 4.81. The van der Waals surface area contributed by atoms with Gasteiger partial charge in [-0.3, -0.25) is 0 Å². The zero-order valence-corrected chi connectivity index (χ0v) is 13.4. The van der Waals surface area contributed by atoms with E-state index in [1.54, 1.807) is 11.3 Å². The quantitative estimate of drug-likeness (QED) is 0.835. The molecule has 0 atom stereocenters. The third-order valence-electron chi connectivity index (χ3n) is 2.92. The Balaban J connectivity index is 2.13. The van der Waals surface area contributed by atoms with Crippen molar-refractivity contribution in [1.82, 2.24) is 0 Å². The van der Waals surface area contributed by atoms with Crippen LogP contribution in [-0.4, -0.2) is 11.1 Å². The summed E-state index contributed by atoms with van der Waals surface area (Å²) < 4.78 is 5.71. The Labute approximate surface area is 126 Å². The molecular weight excluding hydrogens is 292 g/mol. The molecule has 0 saturated carbocycles. The molecule has 3 nitrogen and oxygen atoms in total. The van der Waals surface area contributed by atoms with Gasteiger partial charge in [0.15, 0.2) is 4.88 Å². The van der Waals surface area contributed by atoms with Crippen molar-refractivity contribution in [2.24, 2.45) is 0 Å². The molecule has 0 aliphatic rings. The van der Waals surface area contributed by atoms with E-state index in [0.29, 0.717) is 23.2 Å². The molecule has 2 rings (SSSR count). The van der Waals surface area contributed by atoms with Gasteiger partial charge in [-0.2, -0.15) is 0 Å². The molecule has 0 unspecified atom stereocenters. The van der Waals surface area contributed by atoms with Crippen LogP contribution in [-0.2, 0) is 13.0 Å². The van der Waals surface area contributed by atoms with Crippen molar-refractivity contribution in [3.05, 3.63) is 37.7 Å². The van der Waals surface area contributed by atoms with E-state index < -0.39 is 5.97 Å². The van der Waals surface area contributed by atoms with Gasteiger partial charge in [-0.1, -0.05) is 20.8 Å². The number of ether oxygens (including phenoxy) is 1. The molecule has 20 heavy (non-hydrogen) atoms. The van der Waals surface area contributed by atoms with Crippen LogP contribution in [0.1, 0.15) is 51.0 Å². The zero-order valence-electron chi connectivity index (χ0n) is 11.8. The van der Waals surface area contributed by atoms with Gasteiger partial charge in [-0.15, -0.1) is 22.7 Å². The fourth-order valence-corrected chi connectivity index (χ4v) is 3.59. The molecule has 108 valence electrons. The van der Waals surface area contributed by atoms with E-state index in [1.165, 1.54) is 16.2 Å². The minimum atomic E-state index is -0.919.